The summed E-state index contributed by atoms with van der Waals surface area (Å²) < 4.78 is 34.8. The number of ether oxygens (including phenoxy) is 1. The Balaban J connectivity index is 1.62. The smallest absolute Gasteiger partial charge is 0.269 e. The van der Waals surface area contributed by atoms with Crippen LogP contribution in [0.2, 0.25) is 0 Å². The van der Waals surface area contributed by atoms with Crippen LogP contribution in [0.4, 0.5) is 10.8 Å². The van der Waals surface area contributed by atoms with E-state index in [0.717, 1.165) is 11.1 Å². The average Bonchev–Trinajstić information content (AvgIpc) is 3.24. The lowest BCUT2D eigenvalue weighted by atomic mass is 10.1. The predicted molar refractivity (Wildman–Crippen MR) is 131 cm³/mol. The molecule has 1 N–H and O–H groups in total. The van der Waals surface area contributed by atoms with E-state index in [4.69, 9.17) is 4.74 Å². The molecular formula is C22H22N4O4S3. The fourth-order valence-corrected chi connectivity index (χ4v) is 6.19. The highest BCUT2D eigenvalue weighted by Gasteiger charge is 2.38. The summed E-state index contributed by atoms with van der Waals surface area (Å²) in [5, 5.41) is 11.0. The van der Waals surface area contributed by atoms with E-state index in [2.05, 4.69) is 22.1 Å². The largest absolute Gasteiger partial charge is 0.476 e. The summed E-state index contributed by atoms with van der Waals surface area (Å²) in [7, 11) is -3.92. The van der Waals surface area contributed by atoms with Crippen molar-refractivity contribution in [1.29, 1.82) is 0 Å². The van der Waals surface area contributed by atoms with Crippen molar-refractivity contribution in [2.75, 3.05) is 21.9 Å². The van der Waals surface area contributed by atoms with Crippen LogP contribution in [0.25, 0.3) is 0 Å². The molecular weight excluding hydrogens is 480 g/mol. The lowest BCUT2D eigenvalue weighted by molar-refractivity contribution is -0.122. The zero-order valence-corrected chi connectivity index (χ0v) is 20.5. The highest BCUT2D eigenvalue weighted by molar-refractivity contribution is 8.01. The Morgan fingerprint density at radius 2 is 1.97 bits per heavy atom. The van der Waals surface area contributed by atoms with Crippen molar-refractivity contribution in [1.82, 2.24) is 10.2 Å². The number of carbonyl (C=O) groups is 1. The Morgan fingerprint density at radius 3 is 2.70 bits per heavy atom. The normalized spacial score (nSPS) is 15.5. The minimum Gasteiger partial charge on any atom is -0.476 e. The van der Waals surface area contributed by atoms with Crippen LogP contribution in [0.3, 0.4) is 0 Å². The molecule has 1 aliphatic heterocycles. The van der Waals surface area contributed by atoms with Gasteiger partial charge in [0.05, 0.1) is 17.1 Å². The molecule has 0 bridgehead atoms. The number of fused-ring (bicyclic) bond motifs is 1. The lowest BCUT2D eigenvalue weighted by Crippen LogP contribution is -2.48. The summed E-state index contributed by atoms with van der Waals surface area (Å²) in [5.74, 6) is 0.510. The number of nitrogens with zero attached hydrogens (tertiary/aromatic N) is 3. The first-order valence-electron chi connectivity index (χ1n) is 10.0. The molecule has 0 saturated heterocycles. The van der Waals surface area contributed by atoms with Gasteiger partial charge in [-0.25, -0.2) is 8.42 Å². The summed E-state index contributed by atoms with van der Waals surface area (Å²) in [5.41, 5.74) is 2.23. The zero-order valence-electron chi connectivity index (χ0n) is 18.0. The lowest BCUT2D eigenvalue weighted by Gasteiger charge is -2.34. The van der Waals surface area contributed by atoms with Gasteiger partial charge in [0.25, 0.3) is 15.9 Å². The van der Waals surface area contributed by atoms with Gasteiger partial charge in [-0.15, -0.1) is 16.8 Å². The molecule has 0 fully saturated rings. The maximum Gasteiger partial charge on any atom is 0.269 e. The maximum absolute atomic E-state index is 13.5. The molecule has 3 aromatic rings. The first-order valence-corrected chi connectivity index (χ1v) is 13.3. The molecule has 2 heterocycles. The summed E-state index contributed by atoms with van der Waals surface area (Å²) in [6.45, 7) is 7.25. The standard InChI is InChI=1S/C22H22N4O4S3/c1-4-11-31-22-25-24-21(32-22)23-20(27)19-13-26(17-10-7-15(3)12-18(17)30-19)33(28,29)16-8-5-14(2)6-9-16/h4-10,12,19H,1,11,13H2,2-3H3,(H,23,24,27)/t19-/m0/s1. The molecule has 4 rings (SSSR count). The van der Waals surface area contributed by atoms with Crippen molar-refractivity contribution in [3.63, 3.8) is 0 Å². The van der Waals surface area contributed by atoms with E-state index < -0.39 is 22.0 Å². The van der Waals surface area contributed by atoms with Gasteiger partial charge < -0.3 is 4.74 Å². The molecule has 0 spiro atoms. The van der Waals surface area contributed by atoms with Crippen molar-refractivity contribution in [3.8, 4) is 5.75 Å². The third-order valence-electron chi connectivity index (χ3n) is 4.85. The van der Waals surface area contributed by atoms with Crippen LogP contribution >= 0.6 is 23.1 Å². The van der Waals surface area contributed by atoms with E-state index in [9.17, 15) is 13.2 Å². The summed E-state index contributed by atoms with van der Waals surface area (Å²) in [4.78, 5) is 13.1. The fraction of sp³-hybridized carbons (Fsp3) is 0.227. The molecule has 0 unspecified atom stereocenters. The number of benzene rings is 2. The molecule has 1 aliphatic rings. The first-order chi connectivity index (χ1) is 15.8. The molecule has 1 amide bonds. The molecule has 2 aromatic carbocycles. The van der Waals surface area contributed by atoms with Gasteiger partial charge in [0, 0.05) is 5.75 Å². The Kier molecular flexibility index (Phi) is 6.73. The van der Waals surface area contributed by atoms with Gasteiger partial charge in [-0.1, -0.05) is 52.9 Å². The fourth-order valence-electron chi connectivity index (χ4n) is 3.20. The van der Waals surface area contributed by atoms with E-state index >= 15 is 0 Å². The zero-order chi connectivity index (χ0) is 23.6. The van der Waals surface area contributed by atoms with Gasteiger partial charge in [-0.3, -0.25) is 14.4 Å². The Hall–Kier alpha value is -2.89. The Morgan fingerprint density at radius 1 is 1.24 bits per heavy atom. The van der Waals surface area contributed by atoms with Gasteiger partial charge in [0.1, 0.15) is 5.75 Å². The van der Waals surface area contributed by atoms with Crippen LogP contribution in [0, 0.1) is 13.8 Å². The van der Waals surface area contributed by atoms with Gasteiger partial charge in [-0.05, 0) is 43.7 Å². The second kappa shape index (κ2) is 9.54. The second-order valence-corrected chi connectivity index (χ2v) is 11.5. The van der Waals surface area contributed by atoms with E-state index in [1.54, 1.807) is 42.5 Å². The van der Waals surface area contributed by atoms with E-state index in [-0.39, 0.29) is 11.4 Å². The number of amides is 1. The quantitative estimate of drug-likeness (QED) is 0.296. The van der Waals surface area contributed by atoms with Gasteiger partial charge in [0.2, 0.25) is 5.13 Å². The minimum absolute atomic E-state index is 0.147. The molecule has 8 nitrogen and oxygen atoms in total. The Labute approximate surface area is 200 Å². The van der Waals surface area contributed by atoms with Crippen LogP contribution in [0.5, 0.6) is 5.75 Å². The SMILES string of the molecule is C=CCSc1nnc(NC(=O)[C@@H]2CN(S(=O)(=O)c3ccc(C)cc3)c3ccc(C)cc3O2)s1. The van der Waals surface area contributed by atoms with Gasteiger partial charge in [0.15, 0.2) is 10.4 Å². The molecule has 0 radical (unpaired) electrons. The highest BCUT2D eigenvalue weighted by Crippen LogP contribution is 2.38. The number of thioether (sulfide) groups is 1. The predicted octanol–water partition coefficient (Wildman–Crippen LogP) is 4.03. The van der Waals surface area contributed by atoms with Crippen LogP contribution < -0.4 is 14.4 Å². The van der Waals surface area contributed by atoms with Gasteiger partial charge in [-0.2, -0.15) is 0 Å². The van der Waals surface area contributed by atoms with Crippen LogP contribution in [0.15, 0.2) is 64.4 Å². The van der Waals surface area contributed by atoms with Crippen molar-refractivity contribution in [2.24, 2.45) is 0 Å². The molecule has 0 aliphatic carbocycles. The monoisotopic (exact) mass is 502 g/mol. The molecule has 1 aromatic heterocycles. The number of hydrogen-bond donors (Lipinski definition) is 1. The van der Waals surface area contributed by atoms with Gasteiger partial charge >= 0.3 is 0 Å². The number of rotatable bonds is 7. The van der Waals surface area contributed by atoms with Crippen molar-refractivity contribution in [3.05, 3.63) is 66.2 Å². The Bertz CT molecular complexity index is 1290. The van der Waals surface area contributed by atoms with E-state index in [1.807, 2.05) is 19.9 Å². The molecule has 0 saturated carbocycles. The molecule has 1 atom stereocenters. The molecule has 33 heavy (non-hydrogen) atoms. The number of carbonyl (C=O) groups excluding carboxylic acids is 1. The summed E-state index contributed by atoms with van der Waals surface area (Å²) in [6, 6.07) is 11.8. The minimum atomic E-state index is -3.92. The summed E-state index contributed by atoms with van der Waals surface area (Å²) in [6.07, 6.45) is 0.690. The van der Waals surface area contributed by atoms with E-state index in [1.165, 1.54) is 27.4 Å². The molecule has 11 heteroatoms. The van der Waals surface area contributed by atoms with Crippen LogP contribution in [-0.2, 0) is 14.8 Å². The number of aromatic nitrogens is 2. The third-order valence-corrected chi connectivity index (χ3v) is 8.61. The highest BCUT2D eigenvalue weighted by atomic mass is 32.2. The van der Waals surface area contributed by atoms with Crippen molar-refractivity contribution < 1.29 is 17.9 Å². The number of hydrogen-bond acceptors (Lipinski definition) is 8. The van der Waals surface area contributed by atoms with Crippen molar-refractivity contribution in [2.45, 2.75) is 29.2 Å². The van der Waals surface area contributed by atoms with E-state index in [0.29, 0.717) is 26.7 Å². The number of anilines is 2. The number of nitrogens with one attached hydrogen (secondary N) is 1. The van der Waals surface area contributed by atoms with Crippen LogP contribution in [-0.4, -0.2) is 42.9 Å². The maximum atomic E-state index is 13.5. The van der Waals surface area contributed by atoms with Crippen LogP contribution in [0.1, 0.15) is 11.1 Å². The second-order valence-electron chi connectivity index (χ2n) is 7.39. The molecule has 172 valence electrons. The first kappa shape index (κ1) is 23.3. The topological polar surface area (TPSA) is 101 Å². The number of aryl methyl sites for hydroxylation is 2. The third kappa shape index (κ3) is 5.05. The average molecular weight is 503 g/mol. The summed E-state index contributed by atoms with van der Waals surface area (Å²) >= 11 is 2.69. The number of sulfonamides is 1. The van der Waals surface area contributed by atoms with Crippen molar-refractivity contribution >= 4 is 49.8 Å².